The first-order chi connectivity index (χ1) is 7.58. The van der Waals surface area contributed by atoms with Crippen molar-refractivity contribution in [2.45, 2.75) is 6.92 Å². The molecule has 2 heteroatoms. The van der Waals surface area contributed by atoms with E-state index in [0.29, 0.717) is 5.70 Å². The molecule has 0 unspecified atom stereocenters. The van der Waals surface area contributed by atoms with Crippen molar-refractivity contribution in [2.75, 3.05) is 0 Å². The van der Waals surface area contributed by atoms with E-state index in [9.17, 15) is 0 Å². The van der Waals surface area contributed by atoms with E-state index in [1.807, 2.05) is 31.2 Å². The lowest BCUT2D eigenvalue weighted by molar-refractivity contribution is 0.435. The SMILES string of the molecule is C=C(O)/C=C\C(=C)N=Cc1ccc(C)cc1. The maximum absolute atomic E-state index is 8.84. The standard InChI is InChI=1S/C14H15NO/c1-11-4-8-14(9-5-11)10-15-12(2)6-7-13(3)16/h4-10,16H,2-3H2,1H3/b7-6-,15-10?. The van der Waals surface area contributed by atoms with E-state index in [0.717, 1.165) is 5.56 Å². The maximum Gasteiger partial charge on any atom is 0.108 e. The molecule has 0 aliphatic rings. The normalized spacial score (nSPS) is 11.1. The molecule has 0 aliphatic carbocycles. The van der Waals surface area contributed by atoms with Gasteiger partial charge in [0.1, 0.15) is 5.76 Å². The molecule has 0 heterocycles. The molecule has 1 aromatic carbocycles. The van der Waals surface area contributed by atoms with Crippen LogP contribution in [0.15, 0.2) is 66.0 Å². The second-order valence-electron chi connectivity index (χ2n) is 3.48. The highest BCUT2D eigenvalue weighted by atomic mass is 16.3. The van der Waals surface area contributed by atoms with Gasteiger partial charge in [-0.05, 0) is 24.6 Å². The van der Waals surface area contributed by atoms with Crippen LogP contribution in [0.2, 0.25) is 0 Å². The summed E-state index contributed by atoms with van der Waals surface area (Å²) in [6.07, 6.45) is 4.79. The fourth-order valence-electron chi connectivity index (χ4n) is 1.05. The van der Waals surface area contributed by atoms with Crippen LogP contribution in [0.25, 0.3) is 0 Å². The first-order valence-corrected chi connectivity index (χ1v) is 4.93. The van der Waals surface area contributed by atoms with Crippen LogP contribution in [0.3, 0.4) is 0 Å². The van der Waals surface area contributed by atoms with Crippen LogP contribution in [0.1, 0.15) is 11.1 Å². The number of rotatable bonds is 4. The number of aryl methyl sites for hydroxylation is 1. The molecule has 0 bridgehead atoms. The van der Waals surface area contributed by atoms with Crippen molar-refractivity contribution in [3.8, 4) is 0 Å². The highest BCUT2D eigenvalue weighted by molar-refractivity contribution is 5.80. The molecule has 1 N–H and O–H groups in total. The fourth-order valence-corrected chi connectivity index (χ4v) is 1.05. The molecule has 1 rings (SSSR count). The first-order valence-electron chi connectivity index (χ1n) is 4.93. The van der Waals surface area contributed by atoms with Gasteiger partial charge in [0.05, 0.1) is 5.70 Å². The number of aliphatic imine (C=N–C) groups is 1. The van der Waals surface area contributed by atoms with Crippen molar-refractivity contribution in [1.82, 2.24) is 0 Å². The highest BCUT2D eigenvalue weighted by Crippen LogP contribution is 2.02. The number of hydrogen-bond acceptors (Lipinski definition) is 2. The molecule has 0 aliphatic heterocycles. The van der Waals surface area contributed by atoms with E-state index < -0.39 is 0 Å². The van der Waals surface area contributed by atoms with Crippen molar-refractivity contribution in [1.29, 1.82) is 0 Å². The summed E-state index contributed by atoms with van der Waals surface area (Å²) in [7, 11) is 0. The predicted molar refractivity (Wildman–Crippen MR) is 68.8 cm³/mol. The van der Waals surface area contributed by atoms with Gasteiger partial charge in [0, 0.05) is 6.21 Å². The lowest BCUT2D eigenvalue weighted by Gasteiger charge is -1.94. The zero-order valence-corrected chi connectivity index (χ0v) is 9.35. The van der Waals surface area contributed by atoms with Gasteiger partial charge in [-0.15, -0.1) is 0 Å². The number of benzene rings is 1. The zero-order valence-electron chi connectivity index (χ0n) is 9.35. The Hall–Kier alpha value is -2.09. The number of aliphatic hydroxyl groups excluding tert-OH is 1. The Bertz CT molecular complexity index is 438. The molecule has 0 radical (unpaired) electrons. The Labute approximate surface area is 96.0 Å². The Morgan fingerprint density at radius 3 is 2.38 bits per heavy atom. The first kappa shape index (κ1) is 12.0. The maximum atomic E-state index is 8.84. The van der Waals surface area contributed by atoms with Crippen molar-refractivity contribution in [3.05, 3.63) is 72.2 Å². The summed E-state index contributed by atoms with van der Waals surface area (Å²) in [5.74, 6) is -0.00770. The minimum atomic E-state index is -0.00770. The average Bonchev–Trinajstić information content (AvgIpc) is 2.25. The zero-order chi connectivity index (χ0) is 12.0. The van der Waals surface area contributed by atoms with Crippen LogP contribution >= 0.6 is 0 Å². The third-order valence-electron chi connectivity index (χ3n) is 1.92. The Morgan fingerprint density at radius 1 is 1.19 bits per heavy atom. The Kier molecular flexibility index (Phi) is 4.28. The summed E-state index contributed by atoms with van der Waals surface area (Å²) in [6, 6.07) is 8.02. The lowest BCUT2D eigenvalue weighted by Crippen LogP contribution is -1.81. The van der Waals surface area contributed by atoms with Gasteiger partial charge in [0.15, 0.2) is 0 Å². The third kappa shape index (κ3) is 4.42. The van der Waals surface area contributed by atoms with E-state index in [2.05, 4.69) is 18.2 Å². The second kappa shape index (κ2) is 5.71. The number of aliphatic hydroxyl groups is 1. The second-order valence-corrected chi connectivity index (χ2v) is 3.48. The molecule has 0 saturated carbocycles. The van der Waals surface area contributed by atoms with Crippen LogP contribution in [-0.2, 0) is 0 Å². The van der Waals surface area contributed by atoms with Crippen molar-refractivity contribution in [2.24, 2.45) is 4.99 Å². The van der Waals surface area contributed by atoms with Crippen molar-refractivity contribution in [3.63, 3.8) is 0 Å². The number of allylic oxidation sites excluding steroid dienone is 2. The summed E-state index contributed by atoms with van der Waals surface area (Å²) in [5, 5.41) is 8.84. The summed E-state index contributed by atoms with van der Waals surface area (Å²) in [4.78, 5) is 4.14. The molecule has 0 atom stereocenters. The minimum Gasteiger partial charge on any atom is -0.509 e. The average molecular weight is 213 g/mol. The van der Waals surface area contributed by atoms with E-state index in [4.69, 9.17) is 5.11 Å². The molecule has 0 saturated heterocycles. The quantitative estimate of drug-likeness (QED) is 0.463. The van der Waals surface area contributed by atoms with E-state index in [-0.39, 0.29) is 5.76 Å². The number of nitrogens with zero attached hydrogens (tertiary/aromatic N) is 1. The molecule has 2 nitrogen and oxygen atoms in total. The largest absolute Gasteiger partial charge is 0.509 e. The predicted octanol–water partition coefficient (Wildman–Crippen LogP) is 3.56. The van der Waals surface area contributed by atoms with E-state index >= 15 is 0 Å². The summed E-state index contributed by atoms with van der Waals surface area (Å²) < 4.78 is 0. The Balaban J connectivity index is 2.63. The van der Waals surface area contributed by atoms with Gasteiger partial charge in [-0.3, -0.25) is 4.99 Å². The van der Waals surface area contributed by atoms with Crippen LogP contribution in [-0.4, -0.2) is 11.3 Å². The minimum absolute atomic E-state index is 0.00770. The van der Waals surface area contributed by atoms with Gasteiger partial charge in [0.2, 0.25) is 0 Å². The van der Waals surface area contributed by atoms with Crippen LogP contribution < -0.4 is 0 Å². The van der Waals surface area contributed by atoms with Crippen LogP contribution in [0.4, 0.5) is 0 Å². The Morgan fingerprint density at radius 2 is 1.81 bits per heavy atom. The lowest BCUT2D eigenvalue weighted by atomic mass is 10.2. The van der Waals surface area contributed by atoms with Gasteiger partial charge in [-0.25, -0.2) is 0 Å². The highest BCUT2D eigenvalue weighted by Gasteiger charge is 1.87. The molecule has 0 spiro atoms. The molecule has 0 amide bonds. The van der Waals surface area contributed by atoms with Crippen molar-refractivity contribution >= 4 is 6.21 Å². The molecule has 0 fully saturated rings. The molecule has 0 aromatic heterocycles. The van der Waals surface area contributed by atoms with Crippen molar-refractivity contribution < 1.29 is 5.11 Å². The van der Waals surface area contributed by atoms with Crippen LogP contribution in [0, 0.1) is 6.92 Å². The molecule has 16 heavy (non-hydrogen) atoms. The summed E-state index contributed by atoms with van der Waals surface area (Å²) >= 11 is 0. The molecular formula is C14H15NO. The van der Waals surface area contributed by atoms with Gasteiger partial charge in [-0.1, -0.05) is 43.0 Å². The molecular weight excluding hydrogens is 198 g/mol. The van der Waals surface area contributed by atoms with Gasteiger partial charge in [0.25, 0.3) is 0 Å². The van der Waals surface area contributed by atoms with E-state index in [1.54, 1.807) is 12.3 Å². The van der Waals surface area contributed by atoms with Gasteiger partial charge < -0.3 is 5.11 Å². The molecule has 82 valence electrons. The summed E-state index contributed by atoms with van der Waals surface area (Å²) in [6.45, 7) is 9.09. The summed E-state index contributed by atoms with van der Waals surface area (Å²) in [5.41, 5.74) is 2.80. The van der Waals surface area contributed by atoms with E-state index in [1.165, 1.54) is 11.6 Å². The van der Waals surface area contributed by atoms with Gasteiger partial charge in [-0.2, -0.15) is 0 Å². The topological polar surface area (TPSA) is 32.6 Å². The monoisotopic (exact) mass is 213 g/mol. The third-order valence-corrected chi connectivity index (χ3v) is 1.92. The molecule has 1 aromatic rings. The van der Waals surface area contributed by atoms with Crippen LogP contribution in [0.5, 0.6) is 0 Å². The smallest absolute Gasteiger partial charge is 0.108 e. The number of hydrogen-bond donors (Lipinski definition) is 1. The van der Waals surface area contributed by atoms with Gasteiger partial charge >= 0.3 is 0 Å². The fraction of sp³-hybridized carbons (Fsp3) is 0.0714.